The number of carbonyl (C=O) groups is 3. The van der Waals surface area contributed by atoms with Crippen molar-refractivity contribution in [2.24, 2.45) is 0 Å². The number of benzene rings is 2. The van der Waals surface area contributed by atoms with Crippen molar-refractivity contribution in [3.8, 4) is 5.75 Å². The van der Waals surface area contributed by atoms with Crippen LogP contribution in [0.5, 0.6) is 5.75 Å². The number of para-hydroxylation sites is 2. The Morgan fingerprint density at radius 2 is 1.87 bits per heavy atom. The van der Waals surface area contributed by atoms with Crippen molar-refractivity contribution in [2.75, 3.05) is 41.0 Å². The molecule has 13 heteroatoms. The van der Waals surface area contributed by atoms with E-state index in [1.807, 2.05) is 0 Å². The highest BCUT2D eigenvalue weighted by molar-refractivity contribution is 6.33. The summed E-state index contributed by atoms with van der Waals surface area (Å²) < 4.78 is 5.49. The first kappa shape index (κ1) is 27.7. The van der Waals surface area contributed by atoms with E-state index in [1.54, 1.807) is 42.5 Å². The molecule has 0 aliphatic carbocycles. The Kier molecular flexibility index (Phi) is 9.43. The van der Waals surface area contributed by atoms with E-state index in [-0.39, 0.29) is 41.7 Å². The fourth-order valence-corrected chi connectivity index (χ4v) is 3.48. The molecule has 1 aromatic heterocycles. The van der Waals surface area contributed by atoms with Crippen LogP contribution in [0.15, 0.2) is 61.3 Å². The molecule has 0 bridgehead atoms. The van der Waals surface area contributed by atoms with Crippen LogP contribution in [-0.2, 0) is 9.59 Å². The summed E-state index contributed by atoms with van der Waals surface area (Å²) in [7, 11) is 1.47. The fourth-order valence-electron chi connectivity index (χ4n) is 3.34. The van der Waals surface area contributed by atoms with E-state index in [1.165, 1.54) is 25.1 Å². The van der Waals surface area contributed by atoms with Gasteiger partial charge in [0.2, 0.25) is 17.8 Å². The Morgan fingerprint density at radius 1 is 1.13 bits per heavy atom. The van der Waals surface area contributed by atoms with E-state index in [9.17, 15) is 14.4 Å². The van der Waals surface area contributed by atoms with Gasteiger partial charge in [0, 0.05) is 31.8 Å². The van der Waals surface area contributed by atoms with Gasteiger partial charge in [-0.05, 0) is 30.3 Å². The molecule has 38 heavy (non-hydrogen) atoms. The van der Waals surface area contributed by atoms with Gasteiger partial charge in [-0.25, -0.2) is 9.78 Å². The first-order valence-electron chi connectivity index (χ1n) is 11.2. The number of methoxy groups -OCH3 is 1. The van der Waals surface area contributed by atoms with E-state index < -0.39 is 6.09 Å². The maximum absolute atomic E-state index is 12.1. The molecule has 2 aromatic carbocycles. The molecule has 0 saturated heterocycles. The largest absolute Gasteiger partial charge is 0.494 e. The highest BCUT2D eigenvalue weighted by Gasteiger charge is 2.16. The van der Waals surface area contributed by atoms with Crippen LogP contribution in [0, 0.1) is 0 Å². The molecule has 0 unspecified atom stereocenters. The summed E-state index contributed by atoms with van der Waals surface area (Å²) in [4.78, 5) is 44.7. The first-order chi connectivity index (χ1) is 18.2. The lowest BCUT2D eigenvalue weighted by Crippen LogP contribution is -2.37. The normalized spacial score (nSPS) is 10.2. The van der Waals surface area contributed by atoms with Crippen molar-refractivity contribution in [3.05, 3.63) is 66.3 Å². The molecule has 5 N–H and O–H groups in total. The van der Waals surface area contributed by atoms with E-state index in [0.717, 1.165) is 6.08 Å². The highest BCUT2D eigenvalue weighted by atomic mass is 35.5. The number of nitrogens with one attached hydrogen (secondary N) is 4. The van der Waals surface area contributed by atoms with Gasteiger partial charge < -0.3 is 36.0 Å². The first-order valence-corrected chi connectivity index (χ1v) is 11.6. The van der Waals surface area contributed by atoms with Crippen LogP contribution >= 0.6 is 11.6 Å². The smallest absolute Gasteiger partial charge is 0.404 e. The molecular formula is C25H26ClN7O5. The lowest BCUT2D eigenvalue weighted by molar-refractivity contribution is -0.116. The standard InChI is InChI=1S/C25H26ClN7O5/c1-4-22(35)29-18-7-5-6-8-19(18)30-23-17(26)14-28-24(32-23)31-20-10-9-16(13-21(20)38-3)33(15(2)34)12-11-27-25(36)37/h4-10,13-14,27H,1,11-12H2,2-3H3,(H,29,35)(H,36,37)(H2,28,30,31,32). The maximum Gasteiger partial charge on any atom is 0.404 e. The topological polar surface area (TPSA) is 158 Å². The van der Waals surface area contributed by atoms with Crippen LogP contribution in [0.4, 0.5) is 39.3 Å². The quantitative estimate of drug-likeness (QED) is 0.223. The zero-order valence-electron chi connectivity index (χ0n) is 20.6. The van der Waals surface area contributed by atoms with Crippen molar-refractivity contribution >= 4 is 64.0 Å². The predicted molar refractivity (Wildman–Crippen MR) is 146 cm³/mol. The number of aromatic nitrogens is 2. The summed E-state index contributed by atoms with van der Waals surface area (Å²) in [5, 5.41) is 20.1. The number of nitrogens with zero attached hydrogens (tertiary/aromatic N) is 3. The summed E-state index contributed by atoms with van der Waals surface area (Å²) in [6, 6.07) is 12.0. The summed E-state index contributed by atoms with van der Waals surface area (Å²) in [5.41, 5.74) is 2.09. The Balaban J connectivity index is 1.83. The van der Waals surface area contributed by atoms with E-state index in [4.69, 9.17) is 21.4 Å². The second-order valence-electron chi connectivity index (χ2n) is 7.67. The van der Waals surface area contributed by atoms with Crippen molar-refractivity contribution in [1.82, 2.24) is 15.3 Å². The summed E-state index contributed by atoms with van der Waals surface area (Å²) in [6.07, 6.45) is 1.41. The fraction of sp³-hybridized carbons (Fsp3) is 0.160. The number of carboxylic acid groups (broad SMARTS) is 1. The van der Waals surface area contributed by atoms with Gasteiger partial charge in [0.15, 0.2) is 5.82 Å². The Morgan fingerprint density at radius 3 is 2.53 bits per heavy atom. The number of hydrogen-bond donors (Lipinski definition) is 5. The molecule has 3 aromatic rings. The average Bonchev–Trinajstić information content (AvgIpc) is 2.89. The number of anilines is 6. The second-order valence-corrected chi connectivity index (χ2v) is 8.07. The second kappa shape index (κ2) is 12.9. The Hall–Kier alpha value is -4.84. The van der Waals surface area contributed by atoms with Gasteiger partial charge >= 0.3 is 6.09 Å². The molecule has 0 atom stereocenters. The minimum Gasteiger partial charge on any atom is -0.494 e. The highest BCUT2D eigenvalue weighted by Crippen LogP contribution is 2.33. The molecule has 1 heterocycles. The van der Waals surface area contributed by atoms with Crippen molar-refractivity contribution in [1.29, 1.82) is 0 Å². The van der Waals surface area contributed by atoms with Crippen LogP contribution in [0.1, 0.15) is 6.92 Å². The molecule has 3 amide bonds. The maximum atomic E-state index is 12.1. The number of amides is 3. The predicted octanol–water partition coefficient (Wildman–Crippen LogP) is 4.37. The van der Waals surface area contributed by atoms with Gasteiger partial charge in [0.1, 0.15) is 10.8 Å². The van der Waals surface area contributed by atoms with E-state index in [2.05, 4.69) is 37.8 Å². The molecule has 0 spiro atoms. The molecular weight excluding hydrogens is 514 g/mol. The number of rotatable bonds is 11. The Labute approximate surface area is 223 Å². The number of ether oxygens (including phenoxy) is 1. The van der Waals surface area contributed by atoms with E-state index in [0.29, 0.717) is 28.5 Å². The lowest BCUT2D eigenvalue weighted by Gasteiger charge is -2.22. The summed E-state index contributed by atoms with van der Waals surface area (Å²) in [5.74, 6) is 0.248. The minimum absolute atomic E-state index is 0.0615. The van der Waals surface area contributed by atoms with Gasteiger partial charge in [-0.15, -0.1) is 0 Å². The molecule has 0 saturated carbocycles. The molecule has 0 radical (unpaired) electrons. The van der Waals surface area contributed by atoms with Gasteiger partial charge in [-0.1, -0.05) is 30.3 Å². The van der Waals surface area contributed by atoms with Crippen LogP contribution in [0.25, 0.3) is 0 Å². The lowest BCUT2D eigenvalue weighted by atomic mass is 10.2. The molecule has 12 nitrogen and oxygen atoms in total. The molecule has 3 rings (SSSR count). The number of halogens is 1. The number of carbonyl (C=O) groups excluding carboxylic acids is 2. The van der Waals surface area contributed by atoms with Gasteiger partial charge in [-0.3, -0.25) is 9.59 Å². The van der Waals surface area contributed by atoms with Gasteiger partial charge in [0.05, 0.1) is 30.4 Å². The molecule has 198 valence electrons. The molecule has 0 fully saturated rings. The monoisotopic (exact) mass is 539 g/mol. The van der Waals surface area contributed by atoms with E-state index >= 15 is 0 Å². The zero-order chi connectivity index (χ0) is 27.7. The third-order valence-electron chi connectivity index (χ3n) is 5.10. The zero-order valence-corrected chi connectivity index (χ0v) is 21.4. The third kappa shape index (κ3) is 7.34. The van der Waals surface area contributed by atoms with Crippen LogP contribution in [0.3, 0.4) is 0 Å². The van der Waals surface area contributed by atoms with Gasteiger partial charge in [0.25, 0.3) is 0 Å². The number of hydrogen-bond acceptors (Lipinski definition) is 8. The van der Waals surface area contributed by atoms with Crippen LogP contribution < -0.4 is 30.9 Å². The molecule has 0 aliphatic heterocycles. The van der Waals surface area contributed by atoms with Crippen molar-refractivity contribution < 1.29 is 24.2 Å². The Bertz CT molecular complexity index is 1350. The summed E-state index contributed by atoms with van der Waals surface area (Å²) >= 11 is 6.32. The van der Waals surface area contributed by atoms with Crippen LogP contribution in [0.2, 0.25) is 5.02 Å². The summed E-state index contributed by atoms with van der Waals surface area (Å²) in [6.45, 7) is 5.04. The minimum atomic E-state index is -1.17. The molecule has 0 aliphatic rings. The van der Waals surface area contributed by atoms with Gasteiger partial charge in [-0.2, -0.15) is 4.98 Å². The third-order valence-corrected chi connectivity index (χ3v) is 5.38. The SMILES string of the molecule is C=CC(=O)Nc1ccccc1Nc1nc(Nc2ccc(N(CCNC(=O)O)C(C)=O)cc2OC)ncc1Cl. The average molecular weight is 540 g/mol. The van der Waals surface area contributed by atoms with Crippen LogP contribution in [-0.4, -0.2) is 53.2 Å². The van der Waals surface area contributed by atoms with Crippen molar-refractivity contribution in [2.45, 2.75) is 6.92 Å². The van der Waals surface area contributed by atoms with Crippen molar-refractivity contribution in [3.63, 3.8) is 0 Å².